The van der Waals surface area contributed by atoms with E-state index in [4.69, 9.17) is 4.98 Å². The van der Waals surface area contributed by atoms with Crippen LogP contribution in [0.25, 0.3) is 11.3 Å². The van der Waals surface area contributed by atoms with Gasteiger partial charge in [0, 0.05) is 57.1 Å². The summed E-state index contributed by atoms with van der Waals surface area (Å²) in [5.41, 5.74) is 3.60. The van der Waals surface area contributed by atoms with E-state index >= 15 is 0 Å². The van der Waals surface area contributed by atoms with E-state index < -0.39 is 0 Å². The zero-order valence-corrected chi connectivity index (χ0v) is 17.1. The molecule has 148 valence electrons. The van der Waals surface area contributed by atoms with Gasteiger partial charge in [0.05, 0.1) is 5.69 Å². The van der Waals surface area contributed by atoms with Gasteiger partial charge < -0.3 is 9.80 Å². The van der Waals surface area contributed by atoms with E-state index in [9.17, 15) is 4.79 Å². The number of amides is 1. The molecule has 2 aliphatic heterocycles. The number of carbonyl (C=O) groups excluding carboxylic acids is 1. The highest BCUT2D eigenvalue weighted by molar-refractivity contribution is 5.87. The Morgan fingerprint density at radius 3 is 2.82 bits per heavy atom. The summed E-state index contributed by atoms with van der Waals surface area (Å²) in [5, 5.41) is 4.65. The minimum atomic E-state index is 0.00534. The lowest BCUT2D eigenvalue weighted by molar-refractivity contribution is -0.125. The van der Waals surface area contributed by atoms with Crippen molar-refractivity contribution >= 4 is 11.7 Å². The number of carbonyl (C=O) groups is 1. The molecule has 0 saturated carbocycles. The van der Waals surface area contributed by atoms with E-state index in [1.807, 2.05) is 29.0 Å². The first-order chi connectivity index (χ1) is 13.4. The SMILES string of the molecule is C=CC(=O)N1CCC(c2cnc(N3CCC(C)(C)C3)cc2-c2ccn(C)n2)C1. The maximum Gasteiger partial charge on any atom is 0.245 e. The summed E-state index contributed by atoms with van der Waals surface area (Å²) in [7, 11) is 1.94. The second kappa shape index (κ2) is 7.08. The second-order valence-corrected chi connectivity index (χ2v) is 8.81. The fraction of sp³-hybridized carbons (Fsp3) is 0.500. The van der Waals surface area contributed by atoms with Gasteiger partial charge in [0.25, 0.3) is 0 Å². The van der Waals surface area contributed by atoms with Gasteiger partial charge in [-0.3, -0.25) is 9.48 Å². The van der Waals surface area contributed by atoms with E-state index in [0.29, 0.717) is 12.0 Å². The van der Waals surface area contributed by atoms with Crippen molar-refractivity contribution in [2.24, 2.45) is 12.5 Å². The largest absolute Gasteiger partial charge is 0.356 e. The lowest BCUT2D eigenvalue weighted by atomic mass is 9.93. The molecule has 6 nitrogen and oxygen atoms in total. The van der Waals surface area contributed by atoms with Crippen molar-refractivity contribution in [2.45, 2.75) is 32.6 Å². The van der Waals surface area contributed by atoms with E-state index in [1.165, 1.54) is 18.1 Å². The van der Waals surface area contributed by atoms with Gasteiger partial charge in [0.1, 0.15) is 5.82 Å². The Labute approximate surface area is 166 Å². The minimum Gasteiger partial charge on any atom is -0.356 e. The molecule has 0 aromatic carbocycles. The third kappa shape index (κ3) is 3.55. The highest BCUT2D eigenvalue weighted by Crippen LogP contribution is 2.38. The first-order valence-corrected chi connectivity index (χ1v) is 10.0. The smallest absolute Gasteiger partial charge is 0.245 e. The molecular weight excluding hydrogens is 350 g/mol. The summed E-state index contributed by atoms with van der Waals surface area (Å²) in [6.45, 7) is 11.8. The predicted octanol–water partition coefficient (Wildman–Crippen LogP) is 3.22. The summed E-state index contributed by atoms with van der Waals surface area (Å²) in [5.74, 6) is 1.30. The molecule has 2 aliphatic rings. The number of likely N-dealkylation sites (tertiary alicyclic amines) is 1. The fourth-order valence-electron chi connectivity index (χ4n) is 4.39. The van der Waals surface area contributed by atoms with Gasteiger partial charge in [0.2, 0.25) is 5.91 Å². The monoisotopic (exact) mass is 379 g/mol. The fourth-order valence-corrected chi connectivity index (χ4v) is 4.39. The highest BCUT2D eigenvalue weighted by atomic mass is 16.2. The molecule has 0 bridgehead atoms. The number of pyridine rings is 1. The Bertz CT molecular complexity index is 900. The number of hydrogen-bond donors (Lipinski definition) is 0. The van der Waals surface area contributed by atoms with Crippen LogP contribution in [0.4, 0.5) is 5.82 Å². The lowest BCUT2D eigenvalue weighted by Crippen LogP contribution is -2.26. The molecule has 2 aromatic heterocycles. The Kier molecular flexibility index (Phi) is 4.73. The number of anilines is 1. The molecule has 2 saturated heterocycles. The van der Waals surface area contributed by atoms with Gasteiger partial charge in [-0.2, -0.15) is 5.10 Å². The number of hydrogen-bond acceptors (Lipinski definition) is 4. The number of rotatable bonds is 4. The predicted molar refractivity (Wildman–Crippen MR) is 111 cm³/mol. The number of nitrogens with zero attached hydrogens (tertiary/aromatic N) is 5. The first kappa shape index (κ1) is 18.7. The van der Waals surface area contributed by atoms with Crippen molar-refractivity contribution in [2.75, 3.05) is 31.1 Å². The molecule has 6 heteroatoms. The van der Waals surface area contributed by atoms with Crippen molar-refractivity contribution < 1.29 is 4.79 Å². The Hall–Kier alpha value is -2.63. The third-order valence-corrected chi connectivity index (χ3v) is 6.03. The van der Waals surface area contributed by atoms with Gasteiger partial charge in [-0.15, -0.1) is 0 Å². The zero-order chi connectivity index (χ0) is 19.9. The van der Waals surface area contributed by atoms with Gasteiger partial charge in [-0.05, 0) is 42.0 Å². The summed E-state index contributed by atoms with van der Waals surface area (Å²) < 4.78 is 1.83. The van der Waals surface area contributed by atoms with Gasteiger partial charge >= 0.3 is 0 Å². The maximum atomic E-state index is 12.0. The Morgan fingerprint density at radius 1 is 1.36 bits per heavy atom. The van der Waals surface area contributed by atoms with Gasteiger partial charge in [-0.1, -0.05) is 20.4 Å². The maximum absolute atomic E-state index is 12.0. The molecule has 2 fully saturated rings. The Morgan fingerprint density at radius 2 is 2.18 bits per heavy atom. The summed E-state index contributed by atoms with van der Waals surface area (Å²) >= 11 is 0. The average Bonchev–Trinajstić information content (AvgIpc) is 3.40. The van der Waals surface area contributed by atoms with Gasteiger partial charge in [-0.25, -0.2) is 4.98 Å². The normalized spacial score (nSPS) is 21.3. The molecule has 2 aromatic rings. The molecule has 0 spiro atoms. The van der Waals surface area contributed by atoms with E-state index in [1.54, 1.807) is 0 Å². The molecule has 4 heterocycles. The molecule has 1 atom stereocenters. The molecule has 1 amide bonds. The van der Waals surface area contributed by atoms with Crippen molar-refractivity contribution in [1.29, 1.82) is 0 Å². The molecule has 0 aliphatic carbocycles. The molecule has 0 N–H and O–H groups in total. The van der Waals surface area contributed by atoms with Crippen LogP contribution < -0.4 is 4.90 Å². The van der Waals surface area contributed by atoms with Crippen molar-refractivity contribution in [1.82, 2.24) is 19.7 Å². The van der Waals surface area contributed by atoms with Crippen LogP contribution >= 0.6 is 0 Å². The Balaban J connectivity index is 1.68. The van der Waals surface area contributed by atoms with Crippen LogP contribution in [0.3, 0.4) is 0 Å². The van der Waals surface area contributed by atoms with Crippen molar-refractivity contribution in [3.63, 3.8) is 0 Å². The van der Waals surface area contributed by atoms with E-state index in [2.05, 4.69) is 42.6 Å². The molecule has 0 radical (unpaired) electrons. The average molecular weight is 380 g/mol. The first-order valence-electron chi connectivity index (χ1n) is 10.0. The lowest BCUT2D eigenvalue weighted by Gasteiger charge is -2.23. The van der Waals surface area contributed by atoms with Gasteiger partial charge in [0.15, 0.2) is 0 Å². The van der Waals surface area contributed by atoms with Crippen LogP contribution in [0.5, 0.6) is 0 Å². The molecule has 4 rings (SSSR count). The van der Waals surface area contributed by atoms with E-state index in [0.717, 1.165) is 43.1 Å². The van der Waals surface area contributed by atoms with Crippen LogP contribution in [0.15, 0.2) is 37.2 Å². The van der Waals surface area contributed by atoms with Crippen LogP contribution in [-0.4, -0.2) is 51.8 Å². The number of aryl methyl sites for hydroxylation is 1. The summed E-state index contributed by atoms with van der Waals surface area (Å²) in [4.78, 5) is 21.1. The standard InChI is InChI=1S/C22H29N5O/c1-5-21(28)26-10-6-16(14-26)18-13-23-20(27-11-8-22(2,3)15-27)12-17(18)19-7-9-25(4)24-19/h5,7,9,12-13,16H,1,6,8,10-11,14-15H2,2-4H3. The third-order valence-electron chi connectivity index (χ3n) is 6.03. The topological polar surface area (TPSA) is 54.3 Å². The van der Waals surface area contributed by atoms with E-state index in [-0.39, 0.29) is 11.8 Å². The summed E-state index contributed by atoms with van der Waals surface area (Å²) in [6, 6.07) is 4.25. The molecule has 1 unspecified atom stereocenters. The quantitative estimate of drug-likeness (QED) is 0.766. The molecule has 28 heavy (non-hydrogen) atoms. The minimum absolute atomic E-state index is 0.00534. The van der Waals surface area contributed by atoms with Crippen LogP contribution in [0.1, 0.15) is 38.2 Å². The van der Waals surface area contributed by atoms with Crippen molar-refractivity contribution in [3.8, 4) is 11.3 Å². The second-order valence-electron chi connectivity index (χ2n) is 8.81. The van der Waals surface area contributed by atoms with Crippen LogP contribution in [0, 0.1) is 5.41 Å². The summed E-state index contributed by atoms with van der Waals surface area (Å²) in [6.07, 6.45) is 7.50. The molecular formula is C22H29N5O. The highest BCUT2D eigenvalue weighted by Gasteiger charge is 2.32. The van der Waals surface area contributed by atoms with Crippen LogP contribution in [0.2, 0.25) is 0 Å². The van der Waals surface area contributed by atoms with Crippen LogP contribution in [-0.2, 0) is 11.8 Å². The zero-order valence-electron chi connectivity index (χ0n) is 17.1. The van der Waals surface area contributed by atoms with Crippen molar-refractivity contribution in [3.05, 3.63) is 42.7 Å². The number of aromatic nitrogens is 3.